The van der Waals surface area contributed by atoms with Crippen LogP contribution in [0.25, 0.3) is 32.9 Å². The van der Waals surface area contributed by atoms with Crippen LogP contribution in [-0.4, -0.2) is 27.2 Å². The van der Waals surface area contributed by atoms with Crippen LogP contribution in [0.15, 0.2) is 89.9 Å². The molecule has 5 aromatic rings. The fourth-order valence-corrected chi connectivity index (χ4v) is 3.93. The lowest BCUT2D eigenvalue weighted by molar-refractivity contribution is -0.121. The van der Waals surface area contributed by atoms with Crippen LogP contribution >= 0.6 is 0 Å². The fraction of sp³-hybridized carbons (Fsp3) is 0.115. The van der Waals surface area contributed by atoms with Crippen LogP contribution in [0.2, 0.25) is 0 Å². The number of carbonyl (C=O) groups excluding carboxylic acids is 1. The summed E-state index contributed by atoms with van der Waals surface area (Å²) in [6.07, 6.45) is 2.67. The first kappa shape index (κ1) is 19.8. The van der Waals surface area contributed by atoms with Gasteiger partial charge in [-0.15, -0.1) is 0 Å². The summed E-state index contributed by atoms with van der Waals surface area (Å²) >= 11 is 0. The third kappa shape index (κ3) is 4.03. The largest absolute Gasteiger partial charge is 0.361 e. The molecule has 0 fully saturated rings. The van der Waals surface area contributed by atoms with Gasteiger partial charge in [-0.2, -0.15) is 5.10 Å². The molecule has 0 aliphatic heterocycles. The molecule has 0 radical (unpaired) electrons. The van der Waals surface area contributed by atoms with E-state index in [4.69, 9.17) is 0 Å². The summed E-state index contributed by atoms with van der Waals surface area (Å²) in [5, 5.41) is 10.7. The molecule has 0 unspecified atom stereocenters. The Labute approximate surface area is 184 Å². The van der Waals surface area contributed by atoms with Crippen molar-refractivity contribution in [3.8, 4) is 11.3 Å². The van der Waals surface area contributed by atoms with Crippen molar-refractivity contribution in [3.63, 3.8) is 0 Å². The van der Waals surface area contributed by atoms with Crippen molar-refractivity contribution >= 4 is 27.6 Å². The van der Waals surface area contributed by atoms with Gasteiger partial charge < -0.3 is 10.3 Å². The average Bonchev–Trinajstić information content (AvgIpc) is 3.23. The third-order valence-electron chi connectivity index (χ3n) is 5.60. The number of hydrogen-bond donors (Lipinski definition) is 2. The Morgan fingerprint density at radius 3 is 2.66 bits per heavy atom. The van der Waals surface area contributed by atoms with Gasteiger partial charge >= 0.3 is 0 Å². The van der Waals surface area contributed by atoms with Crippen LogP contribution in [0.5, 0.6) is 0 Å². The third-order valence-corrected chi connectivity index (χ3v) is 5.60. The molecule has 2 aromatic heterocycles. The van der Waals surface area contributed by atoms with Crippen LogP contribution in [0.4, 0.5) is 0 Å². The normalized spacial score (nSPS) is 11.1. The van der Waals surface area contributed by atoms with E-state index in [1.807, 2.05) is 66.9 Å². The summed E-state index contributed by atoms with van der Waals surface area (Å²) in [4.78, 5) is 28.0. The Balaban J connectivity index is 1.27. The maximum absolute atomic E-state index is 12.5. The highest BCUT2D eigenvalue weighted by molar-refractivity contribution is 5.86. The minimum atomic E-state index is -0.304. The number of benzene rings is 3. The zero-order valence-electron chi connectivity index (χ0n) is 17.4. The van der Waals surface area contributed by atoms with Gasteiger partial charge in [-0.25, -0.2) is 4.68 Å². The Kier molecular flexibility index (Phi) is 5.25. The number of amides is 1. The van der Waals surface area contributed by atoms with Gasteiger partial charge in [0, 0.05) is 35.3 Å². The molecule has 2 N–H and O–H groups in total. The lowest BCUT2D eigenvalue weighted by atomic mass is 10.1. The van der Waals surface area contributed by atoms with Crippen LogP contribution in [0, 0.1) is 0 Å². The van der Waals surface area contributed by atoms with Gasteiger partial charge in [-0.05, 0) is 41.0 Å². The molecule has 0 aliphatic rings. The SMILES string of the molecule is O=C(Cn1nc(-c2ccc3ccccc3c2)ccc1=O)NCCc1c[nH]c2ccccc12. The predicted molar refractivity (Wildman–Crippen MR) is 126 cm³/mol. The Bertz CT molecular complexity index is 1480. The number of aromatic nitrogens is 3. The molecule has 0 spiro atoms. The topological polar surface area (TPSA) is 79.8 Å². The van der Waals surface area contributed by atoms with Gasteiger partial charge in [0.25, 0.3) is 5.56 Å². The van der Waals surface area contributed by atoms with Gasteiger partial charge in [0.15, 0.2) is 0 Å². The molecular formula is C26H22N4O2. The van der Waals surface area contributed by atoms with Crippen molar-refractivity contribution in [2.45, 2.75) is 13.0 Å². The Morgan fingerprint density at radius 2 is 1.75 bits per heavy atom. The highest BCUT2D eigenvalue weighted by Gasteiger charge is 2.09. The van der Waals surface area contributed by atoms with E-state index >= 15 is 0 Å². The molecule has 1 amide bonds. The summed E-state index contributed by atoms with van der Waals surface area (Å²) < 4.78 is 1.21. The van der Waals surface area contributed by atoms with Gasteiger partial charge in [0.05, 0.1) is 5.69 Å². The van der Waals surface area contributed by atoms with E-state index in [0.717, 1.165) is 32.8 Å². The molecule has 3 aromatic carbocycles. The van der Waals surface area contributed by atoms with Crippen molar-refractivity contribution in [3.05, 3.63) is 101 Å². The Morgan fingerprint density at radius 1 is 0.938 bits per heavy atom. The minimum absolute atomic E-state index is 0.117. The standard InChI is InChI=1S/C26H22N4O2/c31-25(27-14-13-21-16-28-24-8-4-3-7-22(21)24)17-30-26(32)12-11-23(29-30)20-10-9-18-5-1-2-6-19(18)15-20/h1-12,15-16,28H,13-14,17H2,(H,27,31). The zero-order chi connectivity index (χ0) is 21.9. The molecule has 6 heteroatoms. The molecule has 158 valence electrons. The quantitative estimate of drug-likeness (QED) is 0.436. The van der Waals surface area contributed by atoms with E-state index in [-0.39, 0.29) is 18.0 Å². The van der Waals surface area contributed by atoms with Crippen LogP contribution in [0.3, 0.4) is 0 Å². The number of carbonyl (C=O) groups is 1. The second-order valence-corrected chi connectivity index (χ2v) is 7.74. The molecule has 2 heterocycles. The molecule has 0 bridgehead atoms. The van der Waals surface area contributed by atoms with E-state index in [2.05, 4.69) is 21.5 Å². The smallest absolute Gasteiger partial charge is 0.267 e. The van der Waals surface area contributed by atoms with E-state index in [1.165, 1.54) is 10.7 Å². The van der Waals surface area contributed by atoms with Crippen LogP contribution < -0.4 is 10.9 Å². The molecule has 0 saturated carbocycles. The lowest BCUT2D eigenvalue weighted by Gasteiger charge is -2.09. The summed E-state index contributed by atoms with van der Waals surface area (Å²) in [5.74, 6) is -0.241. The van der Waals surface area contributed by atoms with Crippen molar-refractivity contribution in [2.24, 2.45) is 0 Å². The Hall–Kier alpha value is -4.19. The van der Waals surface area contributed by atoms with Crippen molar-refractivity contribution in [1.29, 1.82) is 0 Å². The lowest BCUT2D eigenvalue weighted by Crippen LogP contribution is -2.34. The fourth-order valence-electron chi connectivity index (χ4n) is 3.93. The number of para-hydroxylation sites is 1. The summed E-state index contributed by atoms with van der Waals surface area (Å²) in [6, 6.07) is 25.3. The summed E-state index contributed by atoms with van der Waals surface area (Å²) in [7, 11) is 0. The van der Waals surface area contributed by atoms with E-state index in [1.54, 1.807) is 6.07 Å². The number of H-pyrrole nitrogens is 1. The first-order valence-electron chi connectivity index (χ1n) is 10.6. The maximum Gasteiger partial charge on any atom is 0.267 e. The number of nitrogens with one attached hydrogen (secondary N) is 2. The summed E-state index contributed by atoms with van der Waals surface area (Å²) in [6.45, 7) is 0.369. The maximum atomic E-state index is 12.5. The number of nitrogens with zero attached hydrogens (tertiary/aromatic N) is 2. The molecule has 0 aliphatic carbocycles. The molecule has 0 saturated heterocycles. The first-order valence-corrected chi connectivity index (χ1v) is 10.6. The van der Waals surface area contributed by atoms with E-state index in [9.17, 15) is 9.59 Å². The number of aromatic amines is 1. The van der Waals surface area contributed by atoms with E-state index in [0.29, 0.717) is 18.7 Å². The molecule has 32 heavy (non-hydrogen) atoms. The van der Waals surface area contributed by atoms with Gasteiger partial charge in [-0.1, -0.05) is 54.6 Å². The van der Waals surface area contributed by atoms with Crippen LogP contribution in [-0.2, 0) is 17.8 Å². The number of fused-ring (bicyclic) bond motifs is 2. The summed E-state index contributed by atoms with van der Waals surface area (Å²) in [5.41, 5.74) is 3.48. The minimum Gasteiger partial charge on any atom is -0.361 e. The van der Waals surface area contributed by atoms with Gasteiger partial charge in [0.2, 0.25) is 5.91 Å². The second-order valence-electron chi connectivity index (χ2n) is 7.74. The number of rotatable bonds is 6. The van der Waals surface area contributed by atoms with Gasteiger partial charge in [0.1, 0.15) is 6.54 Å². The van der Waals surface area contributed by atoms with Crippen LogP contribution in [0.1, 0.15) is 5.56 Å². The highest BCUT2D eigenvalue weighted by Crippen LogP contribution is 2.22. The average molecular weight is 422 g/mol. The monoisotopic (exact) mass is 422 g/mol. The first-order chi connectivity index (χ1) is 15.7. The van der Waals surface area contributed by atoms with Crippen molar-refractivity contribution in [1.82, 2.24) is 20.1 Å². The predicted octanol–water partition coefficient (Wildman–Crippen LogP) is 3.90. The molecular weight excluding hydrogens is 400 g/mol. The molecule has 0 atom stereocenters. The van der Waals surface area contributed by atoms with Crippen molar-refractivity contribution < 1.29 is 4.79 Å². The zero-order valence-corrected chi connectivity index (χ0v) is 17.4. The molecule has 6 nitrogen and oxygen atoms in total. The molecule has 5 rings (SSSR count). The highest BCUT2D eigenvalue weighted by atomic mass is 16.2. The number of hydrogen-bond acceptors (Lipinski definition) is 3. The van der Waals surface area contributed by atoms with Crippen molar-refractivity contribution in [2.75, 3.05) is 6.54 Å². The second kappa shape index (κ2) is 8.51. The van der Waals surface area contributed by atoms with Gasteiger partial charge in [-0.3, -0.25) is 9.59 Å². The van der Waals surface area contributed by atoms with E-state index < -0.39 is 0 Å².